The largest absolute Gasteiger partial charge is 0.366 e. The molecule has 2 rings (SSSR count). The fraction of sp³-hybridized carbons (Fsp3) is 0.0769. The molecule has 1 aromatic heterocycles. The molecular formula is C13H11N3O. The highest BCUT2D eigenvalue weighted by Gasteiger charge is 2.05. The van der Waals surface area contributed by atoms with Crippen LogP contribution in [0.3, 0.4) is 0 Å². The second kappa shape index (κ2) is 4.54. The van der Waals surface area contributed by atoms with Crippen LogP contribution in [0, 0.1) is 11.3 Å². The molecule has 1 amide bonds. The van der Waals surface area contributed by atoms with E-state index >= 15 is 0 Å². The number of carbonyl (C=O) groups excluding carboxylic acids is 1. The first-order valence-corrected chi connectivity index (χ1v) is 5.15. The lowest BCUT2D eigenvalue weighted by atomic mass is 10.1. The van der Waals surface area contributed by atoms with Crippen molar-refractivity contribution in [2.75, 3.05) is 5.32 Å². The summed E-state index contributed by atoms with van der Waals surface area (Å²) in [7, 11) is 0. The Kier molecular flexibility index (Phi) is 2.93. The fourth-order valence-corrected chi connectivity index (χ4v) is 1.63. The Morgan fingerprint density at radius 3 is 2.59 bits per heavy atom. The minimum Gasteiger partial charge on any atom is -0.366 e. The van der Waals surface area contributed by atoms with E-state index in [-0.39, 0.29) is 5.91 Å². The van der Waals surface area contributed by atoms with Gasteiger partial charge in [-0.2, -0.15) is 5.26 Å². The molecule has 2 aromatic rings. The molecule has 0 atom stereocenters. The Morgan fingerprint density at radius 2 is 2.00 bits per heavy atom. The predicted octanol–water partition coefficient (Wildman–Crippen LogP) is 2.51. The minimum atomic E-state index is -0.0999. The SMILES string of the molecule is CC(=O)Nc1ccc(-c2c[nH]cc2C#N)cc1. The van der Waals surface area contributed by atoms with Gasteiger partial charge in [0.1, 0.15) is 6.07 Å². The van der Waals surface area contributed by atoms with Crippen LogP contribution in [0.1, 0.15) is 12.5 Å². The Bertz CT molecular complexity index is 575. The zero-order valence-corrected chi connectivity index (χ0v) is 9.32. The Hall–Kier alpha value is -2.54. The molecule has 0 bridgehead atoms. The van der Waals surface area contributed by atoms with Crippen LogP contribution >= 0.6 is 0 Å². The van der Waals surface area contributed by atoms with Crippen molar-refractivity contribution in [3.05, 3.63) is 42.2 Å². The molecule has 0 aliphatic rings. The summed E-state index contributed by atoms with van der Waals surface area (Å²) in [6.07, 6.45) is 3.45. The molecule has 0 aliphatic carbocycles. The first kappa shape index (κ1) is 11.0. The van der Waals surface area contributed by atoms with Gasteiger partial charge in [-0.3, -0.25) is 4.79 Å². The van der Waals surface area contributed by atoms with E-state index in [2.05, 4.69) is 16.4 Å². The summed E-state index contributed by atoms with van der Waals surface area (Å²) in [6, 6.07) is 9.48. The predicted molar refractivity (Wildman–Crippen MR) is 65.2 cm³/mol. The molecule has 17 heavy (non-hydrogen) atoms. The average molecular weight is 225 g/mol. The van der Waals surface area contributed by atoms with Crippen LogP contribution < -0.4 is 5.32 Å². The summed E-state index contributed by atoms with van der Waals surface area (Å²) in [6.45, 7) is 1.47. The molecule has 0 spiro atoms. The van der Waals surface area contributed by atoms with Crippen molar-refractivity contribution < 1.29 is 4.79 Å². The summed E-state index contributed by atoms with van der Waals surface area (Å²) in [5.41, 5.74) is 3.16. The zero-order valence-electron chi connectivity index (χ0n) is 9.32. The van der Waals surface area contributed by atoms with Crippen molar-refractivity contribution in [2.24, 2.45) is 0 Å². The van der Waals surface area contributed by atoms with Crippen LogP contribution in [0.4, 0.5) is 5.69 Å². The van der Waals surface area contributed by atoms with Crippen molar-refractivity contribution in [3.63, 3.8) is 0 Å². The van der Waals surface area contributed by atoms with E-state index in [1.54, 1.807) is 12.4 Å². The number of rotatable bonds is 2. The lowest BCUT2D eigenvalue weighted by Gasteiger charge is -2.03. The van der Waals surface area contributed by atoms with E-state index < -0.39 is 0 Å². The van der Waals surface area contributed by atoms with E-state index in [0.717, 1.165) is 16.8 Å². The van der Waals surface area contributed by atoms with Crippen molar-refractivity contribution >= 4 is 11.6 Å². The lowest BCUT2D eigenvalue weighted by molar-refractivity contribution is -0.114. The third kappa shape index (κ3) is 2.34. The zero-order chi connectivity index (χ0) is 12.3. The van der Waals surface area contributed by atoms with Gasteiger partial charge in [0.05, 0.1) is 5.56 Å². The summed E-state index contributed by atoms with van der Waals surface area (Å²) >= 11 is 0. The smallest absolute Gasteiger partial charge is 0.221 e. The molecule has 0 fully saturated rings. The summed E-state index contributed by atoms with van der Waals surface area (Å²) < 4.78 is 0. The molecule has 2 N–H and O–H groups in total. The number of carbonyl (C=O) groups is 1. The maximum absolute atomic E-state index is 10.9. The number of nitrogens with zero attached hydrogens (tertiary/aromatic N) is 1. The molecule has 4 nitrogen and oxygen atoms in total. The normalized spacial score (nSPS) is 9.65. The summed E-state index contributed by atoms with van der Waals surface area (Å²) in [5, 5.41) is 11.6. The van der Waals surface area contributed by atoms with Crippen molar-refractivity contribution in [2.45, 2.75) is 6.92 Å². The highest BCUT2D eigenvalue weighted by molar-refractivity contribution is 5.89. The molecule has 0 saturated heterocycles. The standard InChI is InChI=1S/C13H11N3O/c1-9(17)16-12-4-2-10(3-5-12)13-8-15-7-11(13)6-14/h2-5,7-8,15H,1H3,(H,16,17). The van der Waals surface area contributed by atoms with Crippen LogP contribution in [0.15, 0.2) is 36.7 Å². The van der Waals surface area contributed by atoms with Crippen LogP contribution in [0.25, 0.3) is 11.1 Å². The lowest BCUT2D eigenvalue weighted by Crippen LogP contribution is -2.05. The van der Waals surface area contributed by atoms with Gasteiger partial charge in [-0.25, -0.2) is 0 Å². The average Bonchev–Trinajstić information content (AvgIpc) is 2.77. The van der Waals surface area contributed by atoms with Crippen molar-refractivity contribution in [1.29, 1.82) is 5.26 Å². The fourth-order valence-electron chi connectivity index (χ4n) is 1.63. The molecule has 0 radical (unpaired) electrons. The van der Waals surface area contributed by atoms with E-state index in [0.29, 0.717) is 5.56 Å². The number of nitriles is 1. The summed E-state index contributed by atoms with van der Waals surface area (Å²) in [4.78, 5) is 13.8. The van der Waals surface area contributed by atoms with Crippen LogP contribution in [-0.4, -0.2) is 10.9 Å². The second-order valence-electron chi connectivity index (χ2n) is 3.65. The van der Waals surface area contributed by atoms with Gasteiger partial charge in [0.15, 0.2) is 0 Å². The Morgan fingerprint density at radius 1 is 1.29 bits per heavy atom. The third-order valence-corrected chi connectivity index (χ3v) is 2.38. The number of hydrogen-bond donors (Lipinski definition) is 2. The number of aromatic amines is 1. The first-order valence-electron chi connectivity index (χ1n) is 5.15. The number of amides is 1. The maximum atomic E-state index is 10.9. The van der Waals surface area contributed by atoms with Gasteiger partial charge in [0.25, 0.3) is 0 Å². The minimum absolute atomic E-state index is 0.0999. The van der Waals surface area contributed by atoms with Gasteiger partial charge in [-0.1, -0.05) is 12.1 Å². The Balaban J connectivity index is 2.30. The van der Waals surface area contributed by atoms with E-state index in [1.807, 2.05) is 24.3 Å². The number of anilines is 1. The quantitative estimate of drug-likeness (QED) is 0.824. The summed E-state index contributed by atoms with van der Waals surface area (Å²) in [5.74, 6) is -0.0999. The van der Waals surface area contributed by atoms with Crippen LogP contribution in [0.5, 0.6) is 0 Å². The number of H-pyrrole nitrogens is 1. The number of aromatic nitrogens is 1. The first-order chi connectivity index (χ1) is 8.20. The van der Waals surface area contributed by atoms with Gasteiger partial charge in [0, 0.05) is 30.6 Å². The van der Waals surface area contributed by atoms with Gasteiger partial charge < -0.3 is 10.3 Å². The Labute approximate surface area is 98.9 Å². The van der Waals surface area contributed by atoms with E-state index in [1.165, 1.54) is 6.92 Å². The van der Waals surface area contributed by atoms with Crippen molar-refractivity contribution in [3.8, 4) is 17.2 Å². The molecular weight excluding hydrogens is 214 g/mol. The van der Waals surface area contributed by atoms with Gasteiger partial charge >= 0.3 is 0 Å². The highest BCUT2D eigenvalue weighted by Crippen LogP contribution is 2.24. The highest BCUT2D eigenvalue weighted by atomic mass is 16.1. The molecule has 84 valence electrons. The number of benzene rings is 1. The van der Waals surface area contributed by atoms with Crippen molar-refractivity contribution in [1.82, 2.24) is 4.98 Å². The maximum Gasteiger partial charge on any atom is 0.221 e. The molecule has 1 aromatic carbocycles. The van der Waals surface area contributed by atoms with Gasteiger partial charge in [-0.05, 0) is 17.7 Å². The molecule has 4 heteroatoms. The van der Waals surface area contributed by atoms with E-state index in [9.17, 15) is 4.79 Å². The number of hydrogen-bond acceptors (Lipinski definition) is 2. The van der Waals surface area contributed by atoms with E-state index in [4.69, 9.17) is 5.26 Å². The molecule has 1 heterocycles. The topological polar surface area (TPSA) is 68.7 Å². The molecule has 0 saturated carbocycles. The van der Waals surface area contributed by atoms with Crippen LogP contribution in [-0.2, 0) is 4.79 Å². The van der Waals surface area contributed by atoms with Crippen LogP contribution in [0.2, 0.25) is 0 Å². The molecule has 0 aliphatic heterocycles. The van der Waals surface area contributed by atoms with Gasteiger partial charge in [0.2, 0.25) is 5.91 Å². The second-order valence-corrected chi connectivity index (χ2v) is 3.65. The molecule has 0 unspecified atom stereocenters. The monoisotopic (exact) mass is 225 g/mol. The number of nitrogens with one attached hydrogen (secondary N) is 2. The van der Waals surface area contributed by atoms with Gasteiger partial charge in [-0.15, -0.1) is 0 Å². The third-order valence-electron chi connectivity index (χ3n) is 2.38.